The van der Waals surface area contributed by atoms with Crippen LogP contribution in [0, 0.1) is 6.92 Å². The quantitative estimate of drug-likeness (QED) is 0.894. The van der Waals surface area contributed by atoms with E-state index in [1.807, 2.05) is 50.2 Å². The molecule has 5 heteroatoms. The van der Waals surface area contributed by atoms with E-state index < -0.39 is 0 Å². The number of nitrogens with one attached hydrogen (secondary N) is 1. The van der Waals surface area contributed by atoms with E-state index in [1.165, 1.54) is 11.8 Å². The number of rotatable bonds is 5. The fourth-order valence-corrected chi connectivity index (χ4v) is 2.66. The Balaban J connectivity index is 2.12. The van der Waals surface area contributed by atoms with E-state index in [1.54, 1.807) is 12.1 Å². The monoisotopic (exact) mass is 344 g/mol. The number of nitrogens with zero attached hydrogens (tertiary/aromatic N) is 1. The van der Waals surface area contributed by atoms with Crippen molar-refractivity contribution in [1.29, 1.82) is 0 Å². The minimum Gasteiger partial charge on any atom is -0.348 e. The third-order valence-electron chi connectivity index (χ3n) is 3.82. The van der Waals surface area contributed by atoms with Crippen LogP contribution in [0.5, 0.6) is 0 Å². The summed E-state index contributed by atoms with van der Waals surface area (Å²) in [5, 5.41) is 3.45. The second kappa shape index (κ2) is 7.97. The summed E-state index contributed by atoms with van der Waals surface area (Å²) < 4.78 is 0. The third-order valence-corrected chi connectivity index (χ3v) is 4.06. The van der Waals surface area contributed by atoms with Gasteiger partial charge in [-0.05, 0) is 37.1 Å². The topological polar surface area (TPSA) is 49.4 Å². The Hall–Kier alpha value is -2.33. The van der Waals surface area contributed by atoms with Gasteiger partial charge < -0.3 is 10.2 Å². The lowest BCUT2D eigenvalue weighted by atomic mass is 10.1. The van der Waals surface area contributed by atoms with Crippen LogP contribution in [0.25, 0.3) is 0 Å². The highest BCUT2D eigenvalue weighted by Gasteiger charge is 2.19. The largest absolute Gasteiger partial charge is 0.348 e. The summed E-state index contributed by atoms with van der Waals surface area (Å²) in [6, 6.07) is 14.8. The summed E-state index contributed by atoms with van der Waals surface area (Å²) in [5.41, 5.74) is 2.55. The average Bonchev–Trinajstić information content (AvgIpc) is 2.55. The van der Waals surface area contributed by atoms with Crippen LogP contribution in [0.2, 0.25) is 5.02 Å². The third kappa shape index (κ3) is 4.59. The van der Waals surface area contributed by atoms with Crippen LogP contribution in [0.3, 0.4) is 0 Å². The molecule has 0 saturated carbocycles. The van der Waals surface area contributed by atoms with Crippen molar-refractivity contribution in [3.63, 3.8) is 0 Å². The van der Waals surface area contributed by atoms with Gasteiger partial charge in [0.05, 0.1) is 6.04 Å². The molecule has 2 rings (SSSR count). The summed E-state index contributed by atoms with van der Waals surface area (Å²) >= 11 is 6.03. The van der Waals surface area contributed by atoms with Crippen molar-refractivity contribution in [2.45, 2.75) is 26.8 Å². The van der Waals surface area contributed by atoms with Crippen LogP contribution in [-0.4, -0.2) is 18.4 Å². The van der Waals surface area contributed by atoms with Gasteiger partial charge in [-0.2, -0.15) is 0 Å². The molecule has 0 fully saturated rings. The second-order valence-electron chi connectivity index (χ2n) is 5.74. The Morgan fingerprint density at radius 1 is 1.17 bits per heavy atom. The van der Waals surface area contributed by atoms with Crippen LogP contribution in [0.4, 0.5) is 5.69 Å². The highest BCUT2D eigenvalue weighted by atomic mass is 35.5. The lowest BCUT2D eigenvalue weighted by molar-refractivity contribution is -0.123. The summed E-state index contributed by atoms with van der Waals surface area (Å²) in [5.74, 6) is -0.427. The lowest BCUT2D eigenvalue weighted by Gasteiger charge is -2.24. The molecular formula is C19H21ClN2O2. The molecule has 0 aliphatic carbocycles. The first-order valence-corrected chi connectivity index (χ1v) is 8.15. The number of halogens is 1. The molecule has 2 amide bonds. The summed E-state index contributed by atoms with van der Waals surface area (Å²) in [6.45, 7) is 5.18. The molecule has 1 unspecified atom stereocenters. The van der Waals surface area contributed by atoms with Crippen molar-refractivity contribution in [2.24, 2.45) is 0 Å². The molecule has 0 heterocycles. The van der Waals surface area contributed by atoms with Crippen molar-refractivity contribution in [1.82, 2.24) is 5.32 Å². The first-order chi connectivity index (χ1) is 11.4. The number of carbonyl (C=O) groups excluding carboxylic acids is 2. The molecule has 4 nitrogen and oxygen atoms in total. The molecule has 0 saturated heterocycles. The number of hydrogen-bond donors (Lipinski definition) is 1. The molecular weight excluding hydrogens is 324 g/mol. The van der Waals surface area contributed by atoms with E-state index in [0.717, 1.165) is 11.1 Å². The second-order valence-corrected chi connectivity index (χ2v) is 6.17. The minimum atomic E-state index is -0.221. The number of carbonyl (C=O) groups is 2. The molecule has 0 bridgehead atoms. The van der Waals surface area contributed by atoms with E-state index in [0.29, 0.717) is 10.7 Å². The predicted molar refractivity (Wildman–Crippen MR) is 97.2 cm³/mol. The Bertz CT molecular complexity index is 731. The number of amides is 2. The Labute approximate surface area is 147 Å². The maximum Gasteiger partial charge on any atom is 0.240 e. The molecule has 0 spiro atoms. The number of anilines is 1. The molecule has 1 atom stereocenters. The maximum absolute atomic E-state index is 12.4. The summed E-state index contributed by atoms with van der Waals surface area (Å²) in [6.07, 6.45) is 0. The maximum atomic E-state index is 12.4. The van der Waals surface area contributed by atoms with Crippen molar-refractivity contribution in [3.05, 3.63) is 64.7 Å². The van der Waals surface area contributed by atoms with Crippen LogP contribution < -0.4 is 10.2 Å². The lowest BCUT2D eigenvalue weighted by Crippen LogP contribution is -2.41. The Morgan fingerprint density at radius 2 is 1.83 bits per heavy atom. The zero-order chi connectivity index (χ0) is 17.7. The molecule has 2 aromatic carbocycles. The van der Waals surface area contributed by atoms with Gasteiger partial charge in [0.2, 0.25) is 11.8 Å². The highest BCUT2D eigenvalue weighted by Crippen LogP contribution is 2.24. The predicted octanol–water partition coefficient (Wildman–Crippen LogP) is 3.88. The molecule has 0 aromatic heterocycles. The molecule has 0 radical (unpaired) electrons. The zero-order valence-corrected chi connectivity index (χ0v) is 14.8. The fraction of sp³-hybridized carbons (Fsp3) is 0.263. The molecule has 0 aliphatic rings. The van der Waals surface area contributed by atoms with Gasteiger partial charge in [-0.3, -0.25) is 9.59 Å². The first-order valence-electron chi connectivity index (χ1n) is 7.77. The minimum absolute atomic E-state index is 0.0479. The van der Waals surface area contributed by atoms with Gasteiger partial charge in [0, 0.05) is 17.6 Å². The molecule has 1 N–H and O–H groups in total. The summed E-state index contributed by atoms with van der Waals surface area (Å²) in [4.78, 5) is 25.8. The van der Waals surface area contributed by atoms with E-state index in [4.69, 9.17) is 11.6 Å². The van der Waals surface area contributed by atoms with Gasteiger partial charge in [-0.25, -0.2) is 0 Å². The Kier molecular flexibility index (Phi) is 5.99. The zero-order valence-electron chi connectivity index (χ0n) is 14.0. The van der Waals surface area contributed by atoms with E-state index in [2.05, 4.69) is 5.32 Å². The standard InChI is InChI=1S/C19H21ClN2O2/c1-13-9-10-17(20)11-18(13)22(15(3)23)12-19(24)21-14(2)16-7-5-4-6-8-16/h4-11,14H,12H2,1-3H3,(H,21,24). The van der Waals surface area contributed by atoms with Crippen molar-refractivity contribution >= 4 is 29.1 Å². The number of hydrogen-bond acceptors (Lipinski definition) is 2. The number of benzene rings is 2. The van der Waals surface area contributed by atoms with Gasteiger partial charge in [-0.15, -0.1) is 0 Å². The smallest absolute Gasteiger partial charge is 0.240 e. The van der Waals surface area contributed by atoms with Gasteiger partial charge in [0.1, 0.15) is 6.54 Å². The Morgan fingerprint density at radius 3 is 2.46 bits per heavy atom. The molecule has 0 aliphatic heterocycles. The van der Waals surface area contributed by atoms with E-state index in [9.17, 15) is 9.59 Å². The molecule has 2 aromatic rings. The van der Waals surface area contributed by atoms with E-state index >= 15 is 0 Å². The van der Waals surface area contributed by atoms with Crippen molar-refractivity contribution < 1.29 is 9.59 Å². The fourth-order valence-electron chi connectivity index (χ4n) is 2.50. The molecule has 24 heavy (non-hydrogen) atoms. The van der Waals surface area contributed by atoms with Gasteiger partial charge in [0.15, 0.2) is 0 Å². The van der Waals surface area contributed by atoms with Crippen LogP contribution in [-0.2, 0) is 9.59 Å². The first kappa shape index (κ1) is 18.0. The average molecular weight is 345 g/mol. The highest BCUT2D eigenvalue weighted by molar-refractivity contribution is 6.31. The van der Waals surface area contributed by atoms with Crippen LogP contribution in [0.1, 0.15) is 31.0 Å². The van der Waals surface area contributed by atoms with Crippen LogP contribution >= 0.6 is 11.6 Å². The number of aryl methyl sites for hydroxylation is 1. The van der Waals surface area contributed by atoms with Gasteiger partial charge in [0.25, 0.3) is 0 Å². The van der Waals surface area contributed by atoms with Crippen LogP contribution in [0.15, 0.2) is 48.5 Å². The normalized spacial score (nSPS) is 11.7. The SMILES string of the molecule is CC(=O)N(CC(=O)NC(C)c1ccccc1)c1cc(Cl)ccc1C. The van der Waals surface area contributed by atoms with Gasteiger partial charge in [-0.1, -0.05) is 48.0 Å². The van der Waals surface area contributed by atoms with E-state index in [-0.39, 0.29) is 24.4 Å². The summed E-state index contributed by atoms with van der Waals surface area (Å²) in [7, 11) is 0. The molecule has 126 valence electrons. The van der Waals surface area contributed by atoms with Crippen molar-refractivity contribution in [2.75, 3.05) is 11.4 Å². The van der Waals surface area contributed by atoms with Crippen molar-refractivity contribution in [3.8, 4) is 0 Å². The van der Waals surface area contributed by atoms with Gasteiger partial charge >= 0.3 is 0 Å².